The Morgan fingerprint density at radius 1 is 1.34 bits per heavy atom. The lowest BCUT2D eigenvalue weighted by atomic mass is 10.0. The van der Waals surface area contributed by atoms with Crippen LogP contribution in [0.15, 0.2) is 45.0 Å². The summed E-state index contributed by atoms with van der Waals surface area (Å²) in [5, 5.41) is 13.9. The van der Waals surface area contributed by atoms with E-state index in [2.05, 4.69) is 50.7 Å². The summed E-state index contributed by atoms with van der Waals surface area (Å²) in [7, 11) is 0. The monoisotopic (exact) mass is 565 g/mol. The van der Waals surface area contributed by atoms with Crippen molar-refractivity contribution in [2.24, 2.45) is 16.6 Å². The third kappa shape index (κ3) is 6.17. The van der Waals surface area contributed by atoms with E-state index >= 15 is 0 Å². The zero-order valence-electron chi connectivity index (χ0n) is 20.3. The van der Waals surface area contributed by atoms with E-state index in [1.54, 1.807) is 11.3 Å². The maximum atomic E-state index is 13.7. The van der Waals surface area contributed by atoms with Crippen LogP contribution in [0.2, 0.25) is 0 Å². The SMILES string of the molecule is C=CN=C(C1=C(N)[C@@H](O)C[C@H]1C)N1CCN(C(=O)[C@H](CNC2CCOCC2)c2ccc(Br)s2)CC1. The lowest BCUT2D eigenvalue weighted by Gasteiger charge is -2.38. The standard InChI is InChI=1S/C25H36BrN5O3S/c1-3-28-24(22-16(2)14-19(32)23(22)27)30-8-10-31(11-9-30)25(33)18(20-4-5-21(26)35-20)15-29-17-6-12-34-13-7-17/h3-5,16-19,29,32H,1,6-15,27H2,2H3/t16-,18-,19+/m1/s1. The predicted molar refractivity (Wildman–Crippen MR) is 143 cm³/mol. The van der Waals surface area contributed by atoms with E-state index in [4.69, 9.17) is 10.5 Å². The average Bonchev–Trinajstić information content (AvgIpc) is 3.40. The summed E-state index contributed by atoms with van der Waals surface area (Å²) < 4.78 is 6.51. The molecular weight excluding hydrogens is 530 g/mol. The molecule has 0 radical (unpaired) electrons. The largest absolute Gasteiger partial charge is 0.400 e. The van der Waals surface area contributed by atoms with E-state index < -0.39 is 6.10 Å². The highest BCUT2D eigenvalue weighted by atomic mass is 79.9. The molecule has 1 aromatic rings. The number of thiophene rings is 1. The van der Waals surface area contributed by atoms with Crippen LogP contribution in [0.5, 0.6) is 0 Å². The number of ether oxygens (including phenoxy) is 1. The maximum absolute atomic E-state index is 13.7. The molecule has 8 nitrogen and oxygen atoms in total. The number of amides is 1. The lowest BCUT2D eigenvalue weighted by Crippen LogP contribution is -2.53. The first-order valence-corrected chi connectivity index (χ1v) is 14.0. The Hall–Kier alpha value is -1.72. The van der Waals surface area contributed by atoms with Crippen molar-refractivity contribution in [1.82, 2.24) is 15.1 Å². The third-order valence-electron chi connectivity index (χ3n) is 7.15. The van der Waals surface area contributed by atoms with Crippen molar-refractivity contribution < 1.29 is 14.6 Å². The highest BCUT2D eigenvalue weighted by molar-refractivity contribution is 9.11. The number of nitrogens with zero attached hydrogens (tertiary/aromatic N) is 3. The average molecular weight is 567 g/mol. The van der Waals surface area contributed by atoms with Crippen molar-refractivity contribution in [3.63, 3.8) is 0 Å². The Balaban J connectivity index is 1.43. The smallest absolute Gasteiger partial charge is 0.232 e. The van der Waals surface area contributed by atoms with Gasteiger partial charge < -0.3 is 30.7 Å². The number of aliphatic imine (C=N–C) groups is 1. The summed E-state index contributed by atoms with van der Waals surface area (Å²) in [4.78, 5) is 23.5. The minimum atomic E-state index is -0.632. The summed E-state index contributed by atoms with van der Waals surface area (Å²) in [5.74, 6) is 0.837. The number of nitrogens with one attached hydrogen (secondary N) is 1. The van der Waals surface area contributed by atoms with Crippen molar-refractivity contribution in [3.05, 3.63) is 44.8 Å². The fourth-order valence-corrected chi connectivity index (χ4v) is 6.69. The molecule has 2 fully saturated rings. The van der Waals surface area contributed by atoms with Crippen LogP contribution in [0.4, 0.5) is 0 Å². The van der Waals surface area contributed by atoms with E-state index in [-0.39, 0.29) is 17.7 Å². The molecule has 3 atom stereocenters. The molecule has 10 heteroatoms. The predicted octanol–water partition coefficient (Wildman–Crippen LogP) is 2.66. The molecule has 3 aliphatic rings. The zero-order valence-corrected chi connectivity index (χ0v) is 22.7. The highest BCUT2D eigenvalue weighted by Gasteiger charge is 2.36. The molecule has 0 unspecified atom stereocenters. The minimum Gasteiger partial charge on any atom is -0.400 e. The van der Waals surface area contributed by atoms with E-state index in [0.717, 1.165) is 46.1 Å². The number of aliphatic hydroxyl groups excluding tert-OH is 1. The van der Waals surface area contributed by atoms with E-state index in [9.17, 15) is 9.90 Å². The molecule has 2 saturated heterocycles. The summed E-state index contributed by atoms with van der Waals surface area (Å²) in [6, 6.07) is 4.45. The van der Waals surface area contributed by atoms with Gasteiger partial charge in [-0.05, 0) is 53.2 Å². The molecule has 0 saturated carbocycles. The second kappa shape index (κ2) is 12.0. The number of nitrogens with two attached hydrogens (primary N) is 1. The van der Waals surface area contributed by atoms with Gasteiger partial charge in [-0.3, -0.25) is 4.79 Å². The number of halogens is 1. The normalized spacial score (nSPS) is 25.3. The fourth-order valence-electron chi connectivity index (χ4n) is 5.17. The van der Waals surface area contributed by atoms with Gasteiger partial charge in [0.15, 0.2) is 0 Å². The summed E-state index contributed by atoms with van der Waals surface area (Å²) in [5.41, 5.74) is 7.63. The number of piperazine rings is 1. The molecule has 0 aromatic carbocycles. The summed E-state index contributed by atoms with van der Waals surface area (Å²) in [6.45, 7) is 10.5. The topological polar surface area (TPSA) is 103 Å². The minimum absolute atomic E-state index is 0.126. The second-order valence-electron chi connectivity index (χ2n) is 9.46. The van der Waals surface area contributed by atoms with Gasteiger partial charge in [0, 0.05) is 74.3 Å². The highest BCUT2D eigenvalue weighted by Crippen LogP contribution is 2.33. The molecule has 192 valence electrons. The molecule has 1 aliphatic carbocycles. The number of hydrogen-bond acceptors (Lipinski definition) is 7. The van der Waals surface area contributed by atoms with E-state index in [0.29, 0.717) is 50.9 Å². The van der Waals surface area contributed by atoms with Crippen LogP contribution < -0.4 is 11.1 Å². The summed E-state index contributed by atoms with van der Waals surface area (Å²) >= 11 is 5.18. The third-order valence-corrected chi connectivity index (χ3v) is 8.89. The van der Waals surface area contributed by atoms with Gasteiger partial charge in [0.2, 0.25) is 5.91 Å². The van der Waals surface area contributed by atoms with Gasteiger partial charge >= 0.3 is 0 Å². The first kappa shape index (κ1) is 26.3. The Labute approximate surface area is 220 Å². The van der Waals surface area contributed by atoms with Gasteiger partial charge in [-0.1, -0.05) is 13.5 Å². The van der Waals surface area contributed by atoms with Gasteiger partial charge in [-0.25, -0.2) is 4.99 Å². The van der Waals surface area contributed by atoms with Crippen LogP contribution in [-0.2, 0) is 9.53 Å². The quantitative estimate of drug-likeness (QED) is 0.347. The van der Waals surface area contributed by atoms with Crippen LogP contribution in [0.3, 0.4) is 0 Å². The molecule has 0 spiro atoms. The van der Waals surface area contributed by atoms with Gasteiger partial charge in [0.25, 0.3) is 0 Å². The van der Waals surface area contributed by atoms with Gasteiger partial charge in [-0.15, -0.1) is 11.3 Å². The van der Waals surface area contributed by atoms with Crippen molar-refractivity contribution in [3.8, 4) is 0 Å². The fraction of sp³-hybridized carbons (Fsp3) is 0.600. The van der Waals surface area contributed by atoms with Gasteiger partial charge in [-0.2, -0.15) is 0 Å². The molecule has 35 heavy (non-hydrogen) atoms. The number of hydrogen-bond donors (Lipinski definition) is 3. The Morgan fingerprint density at radius 3 is 2.60 bits per heavy atom. The van der Waals surface area contributed by atoms with Crippen molar-refractivity contribution >= 4 is 39.0 Å². The number of amidine groups is 1. The molecule has 1 amide bonds. The van der Waals surface area contributed by atoms with Crippen LogP contribution in [0.25, 0.3) is 0 Å². The van der Waals surface area contributed by atoms with Crippen LogP contribution in [-0.4, -0.2) is 84.7 Å². The number of rotatable bonds is 7. The summed E-state index contributed by atoms with van der Waals surface area (Å²) in [6.07, 6.45) is 3.45. The van der Waals surface area contributed by atoms with Crippen LogP contribution >= 0.6 is 27.3 Å². The number of carbonyl (C=O) groups is 1. The molecule has 1 aromatic heterocycles. The van der Waals surface area contributed by atoms with Crippen molar-refractivity contribution in [2.75, 3.05) is 45.9 Å². The Morgan fingerprint density at radius 2 is 2.03 bits per heavy atom. The van der Waals surface area contributed by atoms with Gasteiger partial charge in [0.05, 0.1) is 15.8 Å². The molecule has 4 rings (SSSR count). The Bertz CT molecular complexity index is 966. The molecular formula is C25H36BrN5O3S. The van der Waals surface area contributed by atoms with Crippen LogP contribution in [0.1, 0.15) is 37.0 Å². The first-order chi connectivity index (χ1) is 16.9. The number of aliphatic hydroxyl groups is 1. The molecule has 2 aliphatic heterocycles. The number of carbonyl (C=O) groups excluding carboxylic acids is 1. The van der Waals surface area contributed by atoms with Crippen LogP contribution in [0, 0.1) is 5.92 Å². The van der Waals surface area contributed by atoms with E-state index in [1.807, 2.05) is 11.0 Å². The molecule has 4 N–H and O–H groups in total. The zero-order chi connectivity index (χ0) is 24.9. The Kier molecular flexibility index (Phi) is 9.04. The maximum Gasteiger partial charge on any atom is 0.232 e. The second-order valence-corrected chi connectivity index (χ2v) is 12.0. The lowest BCUT2D eigenvalue weighted by molar-refractivity contribution is -0.134. The molecule has 0 bridgehead atoms. The van der Waals surface area contributed by atoms with Crippen molar-refractivity contribution in [2.45, 2.75) is 44.2 Å². The van der Waals surface area contributed by atoms with Crippen molar-refractivity contribution in [1.29, 1.82) is 0 Å². The van der Waals surface area contributed by atoms with E-state index in [1.165, 1.54) is 6.20 Å². The molecule has 3 heterocycles. The first-order valence-electron chi connectivity index (χ1n) is 12.4. The van der Waals surface area contributed by atoms with Gasteiger partial charge in [0.1, 0.15) is 5.84 Å².